The van der Waals surface area contributed by atoms with Crippen molar-refractivity contribution in [2.24, 2.45) is 11.6 Å². The molecule has 45 heavy (non-hydrogen) atoms. The molecular formula is C30H29F6N7O2. The Morgan fingerprint density at radius 3 is 2.51 bits per heavy atom. The topological polar surface area (TPSA) is 126 Å². The van der Waals surface area contributed by atoms with E-state index in [4.69, 9.17) is 16.3 Å². The number of nitrogens with one attached hydrogen (secondary N) is 2. The van der Waals surface area contributed by atoms with Gasteiger partial charge in [0.1, 0.15) is 11.4 Å². The van der Waals surface area contributed by atoms with Gasteiger partial charge >= 0.3 is 6.18 Å². The molecule has 5 rings (SSSR count). The Morgan fingerprint density at radius 1 is 1.13 bits per heavy atom. The van der Waals surface area contributed by atoms with Gasteiger partial charge in [0.2, 0.25) is 0 Å². The minimum atomic E-state index is -4.40. The zero-order valence-corrected chi connectivity index (χ0v) is 23.7. The maximum atomic E-state index is 14.8. The van der Waals surface area contributed by atoms with E-state index in [1.807, 2.05) is 0 Å². The average Bonchev–Trinajstić information content (AvgIpc) is 3.38. The number of hydrogen-bond donors (Lipinski definition) is 4. The van der Waals surface area contributed by atoms with Gasteiger partial charge in [-0.3, -0.25) is 9.80 Å². The highest BCUT2D eigenvalue weighted by Crippen LogP contribution is 2.32. The molecule has 9 nitrogen and oxygen atoms in total. The third-order valence-electron chi connectivity index (χ3n) is 7.28. The number of halogens is 6. The number of amides is 1. The molecule has 1 aliphatic heterocycles. The van der Waals surface area contributed by atoms with Gasteiger partial charge in [-0.2, -0.15) is 13.2 Å². The molecule has 1 amide bonds. The monoisotopic (exact) mass is 633 g/mol. The van der Waals surface area contributed by atoms with Gasteiger partial charge in [-0.1, -0.05) is 12.1 Å². The highest BCUT2D eigenvalue weighted by molar-refractivity contribution is 6.08. The number of aromatic amines is 1. The van der Waals surface area contributed by atoms with Gasteiger partial charge < -0.3 is 25.7 Å². The summed E-state index contributed by atoms with van der Waals surface area (Å²) in [5.74, 6) is 2.11. The van der Waals surface area contributed by atoms with Crippen molar-refractivity contribution in [2.45, 2.75) is 31.4 Å². The maximum absolute atomic E-state index is 14.8. The van der Waals surface area contributed by atoms with Crippen LogP contribution in [0.25, 0.3) is 10.9 Å². The summed E-state index contributed by atoms with van der Waals surface area (Å²) in [4.78, 5) is 21.3. The molecule has 6 N–H and O–H groups in total. The number of benzene rings is 2. The number of nitrogens with zero attached hydrogens (tertiary/aromatic N) is 3. The third kappa shape index (κ3) is 7.60. The van der Waals surface area contributed by atoms with Gasteiger partial charge in [-0.25, -0.2) is 24.0 Å². The van der Waals surface area contributed by atoms with Crippen LogP contribution >= 0.6 is 0 Å². The second kappa shape index (κ2) is 12.6. The SMILES string of the molecule is N/C(=C\N(N)c1cnc(N2CCC(F)(F)CC2)c(F)c1)C(=O)Nc1c[nH]c2ccc(OCCc3ccc(C(F)(F)F)cc3)cc12. The van der Waals surface area contributed by atoms with Crippen molar-refractivity contribution in [3.05, 3.63) is 89.8 Å². The van der Waals surface area contributed by atoms with Crippen molar-refractivity contribution >= 4 is 34.0 Å². The van der Waals surface area contributed by atoms with Gasteiger partial charge in [0.15, 0.2) is 11.6 Å². The van der Waals surface area contributed by atoms with Gasteiger partial charge in [0.05, 0.1) is 35.9 Å². The van der Waals surface area contributed by atoms with Gasteiger partial charge in [-0.15, -0.1) is 0 Å². The predicted octanol–water partition coefficient (Wildman–Crippen LogP) is 5.70. The minimum Gasteiger partial charge on any atom is -0.493 e. The van der Waals surface area contributed by atoms with Crippen molar-refractivity contribution in [2.75, 3.05) is 34.9 Å². The molecule has 0 spiro atoms. The zero-order valence-electron chi connectivity index (χ0n) is 23.7. The Labute approximate surface area is 253 Å². The first-order valence-electron chi connectivity index (χ1n) is 13.8. The van der Waals surface area contributed by atoms with E-state index >= 15 is 0 Å². The number of alkyl halides is 5. The van der Waals surface area contributed by atoms with Crippen molar-refractivity contribution in [1.29, 1.82) is 0 Å². The van der Waals surface area contributed by atoms with Crippen molar-refractivity contribution in [3.8, 4) is 5.75 Å². The summed E-state index contributed by atoms with van der Waals surface area (Å²) in [5, 5.41) is 4.18. The van der Waals surface area contributed by atoms with Crippen LogP contribution in [-0.4, -0.2) is 41.5 Å². The Kier molecular flexibility index (Phi) is 8.82. The van der Waals surface area contributed by atoms with Crippen LogP contribution in [0.1, 0.15) is 24.0 Å². The highest BCUT2D eigenvalue weighted by Gasteiger charge is 2.35. The molecule has 0 bridgehead atoms. The normalized spacial score (nSPS) is 15.3. The molecule has 1 aliphatic rings. The van der Waals surface area contributed by atoms with Crippen molar-refractivity contribution in [3.63, 3.8) is 0 Å². The van der Waals surface area contributed by atoms with E-state index in [1.54, 1.807) is 24.4 Å². The Bertz CT molecular complexity index is 1700. The molecule has 1 saturated heterocycles. The molecule has 2 aromatic carbocycles. The van der Waals surface area contributed by atoms with Crippen molar-refractivity contribution < 1.29 is 35.9 Å². The third-order valence-corrected chi connectivity index (χ3v) is 7.28. The lowest BCUT2D eigenvalue weighted by molar-refractivity contribution is -0.137. The van der Waals surface area contributed by atoms with Crippen LogP contribution in [0, 0.1) is 5.82 Å². The van der Waals surface area contributed by atoms with Crippen LogP contribution in [0.3, 0.4) is 0 Å². The number of anilines is 3. The Balaban J connectivity index is 1.19. The molecule has 4 aromatic rings. The number of ether oxygens (including phenoxy) is 1. The number of piperidine rings is 1. The number of pyridine rings is 1. The molecule has 0 saturated carbocycles. The molecule has 15 heteroatoms. The Morgan fingerprint density at radius 2 is 1.84 bits per heavy atom. The van der Waals surface area contributed by atoms with E-state index in [0.717, 1.165) is 29.4 Å². The lowest BCUT2D eigenvalue weighted by atomic mass is 10.1. The number of carbonyl (C=O) groups excluding carboxylic acids is 1. The number of nitrogens with two attached hydrogens (primary N) is 2. The first-order valence-corrected chi connectivity index (χ1v) is 13.8. The summed E-state index contributed by atoms with van der Waals surface area (Å²) >= 11 is 0. The standard InChI is InChI=1S/C30H29F6N7O2/c31-23-13-20(15-40-27(23)42-10-8-29(32,33)9-11-42)43(38)17-24(37)28(44)41-26-16-39-25-6-5-21(14-22(25)26)45-12-7-18-1-3-19(4-2-18)30(34,35)36/h1-6,13-17,39H,7-12,37-38H2,(H,41,44)/b24-17-. The first kappa shape index (κ1) is 31.5. The quantitative estimate of drug-likeness (QED) is 0.0807. The number of fused-ring (bicyclic) bond motifs is 1. The van der Waals surface area contributed by atoms with E-state index in [0.29, 0.717) is 34.3 Å². The van der Waals surface area contributed by atoms with Crippen LogP contribution in [0.5, 0.6) is 5.75 Å². The van der Waals surface area contributed by atoms with E-state index < -0.39 is 42.2 Å². The van der Waals surface area contributed by atoms with Gasteiger partial charge in [0.25, 0.3) is 11.8 Å². The fraction of sp³-hybridized carbons (Fsp3) is 0.267. The predicted molar refractivity (Wildman–Crippen MR) is 157 cm³/mol. The second-order valence-corrected chi connectivity index (χ2v) is 10.5. The molecule has 0 atom stereocenters. The molecule has 0 aliphatic carbocycles. The first-order chi connectivity index (χ1) is 21.3. The molecule has 0 unspecified atom stereocenters. The largest absolute Gasteiger partial charge is 0.493 e. The lowest BCUT2D eigenvalue weighted by Gasteiger charge is -2.32. The van der Waals surface area contributed by atoms with Crippen molar-refractivity contribution in [1.82, 2.24) is 9.97 Å². The van der Waals surface area contributed by atoms with E-state index in [9.17, 15) is 31.1 Å². The summed E-state index contributed by atoms with van der Waals surface area (Å²) in [6.45, 7) is 0.120. The minimum absolute atomic E-state index is 0.0418. The van der Waals surface area contributed by atoms with Crippen LogP contribution in [0.15, 0.2) is 72.8 Å². The molecule has 0 radical (unpaired) electrons. The van der Waals surface area contributed by atoms with Crippen LogP contribution in [-0.2, 0) is 17.4 Å². The van der Waals surface area contributed by atoms with Crippen LogP contribution in [0.4, 0.5) is 43.5 Å². The lowest BCUT2D eigenvalue weighted by Crippen LogP contribution is -2.40. The Hall–Kier alpha value is -4.92. The molecule has 1 fully saturated rings. The summed E-state index contributed by atoms with van der Waals surface area (Å²) in [6.07, 6.45) is -0.945. The van der Waals surface area contributed by atoms with Crippen LogP contribution in [0.2, 0.25) is 0 Å². The number of carbonyl (C=O) groups is 1. The smallest absolute Gasteiger partial charge is 0.416 e. The van der Waals surface area contributed by atoms with E-state index in [-0.39, 0.29) is 36.9 Å². The summed E-state index contributed by atoms with van der Waals surface area (Å²) < 4.78 is 85.8. The summed E-state index contributed by atoms with van der Waals surface area (Å²) in [6, 6.07) is 11.0. The molecule has 2 aromatic heterocycles. The maximum Gasteiger partial charge on any atom is 0.416 e. The van der Waals surface area contributed by atoms with E-state index in [1.165, 1.54) is 23.2 Å². The number of hydrazine groups is 1. The fourth-order valence-electron chi connectivity index (χ4n) is 4.76. The molecule has 238 valence electrons. The van der Waals surface area contributed by atoms with E-state index in [2.05, 4.69) is 15.3 Å². The average molecular weight is 634 g/mol. The number of hydrogen-bond acceptors (Lipinski definition) is 7. The number of aromatic nitrogens is 2. The molecular weight excluding hydrogens is 604 g/mol. The number of H-pyrrole nitrogens is 1. The molecule has 3 heterocycles. The summed E-state index contributed by atoms with van der Waals surface area (Å²) in [5.41, 5.74) is 6.73. The zero-order chi connectivity index (χ0) is 32.4. The fourth-order valence-corrected chi connectivity index (χ4v) is 4.76. The van der Waals surface area contributed by atoms with Gasteiger partial charge in [0, 0.05) is 55.5 Å². The van der Waals surface area contributed by atoms with Crippen LogP contribution < -0.4 is 31.5 Å². The highest BCUT2D eigenvalue weighted by atomic mass is 19.4. The second-order valence-electron chi connectivity index (χ2n) is 10.5. The number of rotatable bonds is 9. The van der Waals surface area contributed by atoms with Gasteiger partial charge in [-0.05, 0) is 35.9 Å². The summed E-state index contributed by atoms with van der Waals surface area (Å²) in [7, 11) is 0.